The number of nitrogen functional groups attached to an aromatic ring is 1. The Balaban J connectivity index is 1.68. The number of aromatic nitrogens is 1. The molecule has 2 aromatic carbocycles. The average molecular weight is 411 g/mol. The summed E-state index contributed by atoms with van der Waals surface area (Å²) in [6, 6.07) is 11.4. The fourth-order valence-electron chi connectivity index (χ4n) is 3.43. The summed E-state index contributed by atoms with van der Waals surface area (Å²) in [4.78, 5) is 18.6. The number of nitrogens with two attached hydrogens (primary N) is 1. The van der Waals surface area contributed by atoms with Gasteiger partial charge in [0, 0.05) is 22.6 Å². The number of pyridine rings is 1. The Bertz CT molecular complexity index is 1100. The third-order valence-electron chi connectivity index (χ3n) is 4.72. The van der Waals surface area contributed by atoms with Crippen molar-refractivity contribution in [3.63, 3.8) is 0 Å². The summed E-state index contributed by atoms with van der Waals surface area (Å²) in [6.45, 7) is 6.19. The van der Waals surface area contributed by atoms with Crippen LogP contribution in [0.1, 0.15) is 26.3 Å². The molecule has 7 heteroatoms. The van der Waals surface area contributed by atoms with Gasteiger partial charge in [-0.15, -0.1) is 0 Å². The van der Waals surface area contributed by atoms with Crippen LogP contribution in [0.25, 0.3) is 10.9 Å². The second kappa shape index (κ2) is 7.12. The van der Waals surface area contributed by atoms with Gasteiger partial charge in [0.25, 0.3) is 0 Å². The molecule has 1 aromatic heterocycles. The second-order valence-corrected chi connectivity index (χ2v) is 8.54. The van der Waals surface area contributed by atoms with Crippen LogP contribution in [0.3, 0.4) is 0 Å². The summed E-state index contributed by atoms with van der Waals surface area (Å²) in [5, 5.41) is 4.82. The molecule has 0 spiro atoms. The van der Waals surface area contributed by atoms with Crippen molar-refractivity contribution >= 4 is 51.3 Å². The summed E-state index contributed by atoms with van der Waals surface area (Å²) in [6.07, 6.45) is 2.08. The van der Waals surface area contributed by atoms with Gasteiger partial charge in [0.05, 0.1) is 28.8 Å². The predicted octanol–water partition coefficient (Wildman–Crippen LogP) is 5.51. The molecular weight excluding hydrogens is 388 g/mol. The topological polar surface area (TPSA) is 80.5 Å². The number of hydrogen-bond donors (Lipinski definition) is 2. The van der Waals surface area contributed by atoms with Crippen molar-refractivity contribution < 1.29 is 9.53 Å². The number of rotatable bonds is 2. The largest absolute Gasteiger partial charge is 0.443 e. The van der Waals surface area contributed by atoms with Crippen molar-refractivity contribution in [2.24, 2.45) is 0 Å². The van der Waals surface area contributed by atoms with Crippen LogP contribution in [-0.4, -0.2) is 23.2 Å². The first-order valence-electron chi connectivity index (χ1n) is 9.45. The zero-order valence-corrected chi connectivity index (χ0v) is 17.4. The van der Waals surface area contributed by atoms with Crippen molar-refractivity contribution in [3.05, 3.63) is 53.2 Å². The number of hydrogen-bond acceptors (Lipinski definition) is 5. The van der Waals surface area contributed by atoms with Gasteiger partial charge in [0.2, 0.25) is 0 Å². The van der Waals surface area contributed by atoms with Gasteiger partial charge in [-0.25, -0.2) is 4.79 Å². The number of amides is 1. The summed E-state index contributed by atoms with van der Waals surface area (Å²) in [7, 11) is 0. The van der Waals surface area contributed by atoms with Gasteiger partial charge >= 0.3 is 6.09 Å². The lowest BCUT2D eigenvalue weighted by Gasteiger charge is -2.25. The molecule has 0 unspecified atom stereocenters. The maximum Gasteiger partial charge on any atom is 0.414 e. The molecule has 6 nitrogen and oxygen atoms in total. The molecule has 0 atom stereocenters. The van der Waals surface area contributed by atoms with Crippen LogP contribution in [0.4, 0.5) is 27.5 Å². The Morgan fingerprint density at radius 1 is 1.24 bits per heavy atom. The van der Waals surface area contributed by atoms with Gasteiger partial charge in [-0.05, 0) is 63.1 Å². The van der Waals surface area contributed by atoms with Gasteiger partial charge in [-0.3, -0.25) is 9.88 Å². The number of carbonyl (C=O) groups is 1. The third-order valence-corrected chi connectivity index (χ3v) is 4.96. The van der Waals surface area contributed by atoms with Crippen molar-refractivity contribution in [2.45, 2.75) is 32.8 Å². The van der Waals surface area contributed by atoms with E-state index in [1.807, 2.05) is 51.1 Å². The molecule has 1 aliphatic heterocycles. The number of anilines is 4. The Morgan fingerprint density at radius 3 is 2.79 bits per heavy atom. The zero-order valence-electron chi connectivity index (χ0n) is 16.6. The molecule has 0 aliphatic carbocycles. The van der Waals surface area contributed by atoms with E-state index in [1.165, 1.54) is 0 Å². The van der Waals surface area contributed by atoms with E-state index in [4.69, 9.17) is 22.1 Å². The first-order chi connectivity index (χ1) is 13.7. The predicted molar refractivity (Wildman–Crippen MR) is 118 cm³/mol. The van der Waals surface area contributed by atoms with Crippen molar-refractivity contribution in [1.29, 1.82) is 0 Å². The Labute approximate surface area is 174 Å². The van der Waals surface area contributed by atoms with Gasteiger partial charge in [0.15, 0.2) is 0 Å². The summed E-state index contributed by atoms with van der Waals surface area (Å²) < 4.78 is 5.55. The van der Waals surface area contributed by atoms with Crippen LogP contribution in [0.2, 0.25) is 5.02 Å². The quantitative estimate of drug-likeness (QED) is 0.582. The van der Waals surface area contributed by atoms with E-state index in [1.54, 1.807) is 17.2 Å². The number of benzene rings is 2. The molecule has 1 amide bonds. The van der Waals surface area contributed by atoms with Crippen LogP contribution < -0.4 is 16.0 Å². The SMILES string of the molecule is CC(C)(C)OC(=O)N1CCc2ccc(Nc3c(N)cnc4ccc(Cl)cc34)cc21. The molecule has 0 saturated heterocycles. The van der Waals surface area contributed by atoms with E-state index in [9.17, 15) is 4.79 Å². The molecule has 4 rings (SSSR count). The Hall–Kier alpha value is -2.99. The molecule has 3 aromatic rings. The minimum atomic E-state index is -0.542. The number of halogens is 1. The van der Waals surface area contributed by atoms with Crippen LogP contribution in [0, 0.1) is 0 Å². The Morgan fingerprint density at radius 2 is 2.03 bits per heavy atom. The molecule has 1 aliphatic rings. The highest BCUT2D eigenvalue weighted by Crippen LogP contribution is 2.36. The van der Waals surface area contributed by atoms with Crippen molar-refractivity contribution in [2.75, 3.05) is 22.5 Å². The monoisotopic (exact) mass is 410 g/mol. The molecule has 0 bridgehead atoms. The third kappa shape index (κ3) is 3.93. The van der Waals surface area contributed by atoms with Crippen LogP contribution >= 0.6 is 11.6 Å². The molecular formula is C22H23ClN4O2. The number of fused-ring (bicyclic) bond motifs is 2. The smallest absolute Gasteiger partial charge is 0.414 e. The lowest BCUT2D eigenvalue weighted by Crippen LogP contribution is -2.35. The number of nitrogens with zero attached hydrogens (tertiary/aromatic N) is 2. The van der Waals surface area contributed by atoms with Gasteiger partial charge in [-0.2, -0.15) is 0 Å². The van der Waals surface area contributed by atoms with E-state index in [-0.39, 0.29) is 6.09 Å². The first kappa shape index (κ1) is 19.3. The fraction of sp³-hybridized carbons (Fsp3) is 0.273. The lowest BCUT2D eigenvalue weighted by molar-refractivity contribution is 0.0584. The minimum absolute atomic E-state index is 0.339. The summed E-state index contributed by atoms with van der Waals surface area (Å²) >= 11 is 6.17. The first-order valence-corrected chi connectivity index (χ1v) is 9.83. The highest BCUT2D eigenvalue weighted by molar-refractivity contribution is 6.31. The zero-order chi connectivity index (χ0) is 20.8. The molecule has 0 fully saturated rings. The van der Waals surface area contributed by atoms with Gasteiger partial charge in [-0.1, -0.05) is 17.7 Å². The second-order valence-electron chi connectivity index (χ2n) is 8.10. The maximum atomic E-state index is 12.6. The molecule has 0 saturated carbocycles. The van der Waals surface area contributed by atoms with Gasteiger partial charge in [0.1, 0.15) is 5.60 Å². The normalized spacial score (nSPS) is 13.4. The highest BCUT2D eigenvalue weighted by Gasteiger charge is 2.29. The number of ether oxygens (including phenoxy) is 1. The lowest BCUT2D eigenvalue weighted by atomic mass is 10.1. The highest BCUT2D eigenvalue weighted by atomic mass is 35.5. The van der Waals surface area contributed by atoms with E-state index >= 15 is 0 Å². The molecule has 29 heavy (non-hydrogen) atoms. The Kier molecular flexibility index (Phi) is 4.74. The van der Waals surface area contributed by atoms with Crippen LogP contribution in [0.5, 0.6) is 0 Å². The van der Waals surface area contributed by atoms with Gasteiger partial charge < -0.3 is 15.8 Å². The van der Waals surface area contributed by atoms with E-state index < -0.39 is 5.60 Å². The van der Waals surface area contributed by atoms with E-state index in [2.05, 4.69) is 10.3 Å². The number of carbonyl (C=O) groups excluding carboxylic acids is 1. The van der Waals surface area contributed by atoms with Crippen LogP contribution in [0.15, 0.2) is 42.6 Å². The van der Waals surface area contributed by atoms with E-state index in [0.29, 0.717) is 17.3 Å². The minimum Gasteiger partial charge on any atom is -0.443 e. The molecule has 3 N–H and O–H groups in total. The van der Waals surface area contributed by atoms with Crippen molar-refractivity contribution in [1.82, 2.24) is 4.98 Å². The summed E-state index contributed by atoms with van der Waals surface area (Å²) in [5.74, 6) is 0. The average Bonchev–Trinajstić information content (AvgIpc) is 3.06. The van der Waals surface area contributed by atoms with Crippen LogP contribution in [-0.2, 0) is 11.2 Å². The van der Waals surface area contributed by atoms with E-state index in [0.717, 1.165) is 39.9 Å². The molecule has 2 heterocycles. The summed E-state index contributed by atoms with van der Waals surface area (Å²) in [5.41, 5.74) is 10.5. The molecule has 0 radical (unpaired) electrons. The number of nitrogens with one attached hydrogen (secondary N) is 1. The fourth-order valence-corrected chi connectivity index (χ4v) is 3.60. The molecule has 150 valence electrons. The standard InChI is InChI=1S/C22H23ClN4O2/c1-22(2,3)29-21(28)27-9-8-13-4-6-15(11-19(13)27)26-20-16-10-14(23)5-7-18(16)25-12-17(20)24/h4-7,10-12H,8-9,24H2,1-3H3,(H,25,26). The van der Waals surface area contributed by atoms with Crippen molar-refractivity contribution in [3.8, 4) is 0 Å². The maximum absolute atomic E-state index is 12.6.